The maximum Gasteiger partial charge on any atom is 0.160 e. The molecule has 1 unspecified atom stereocenters. The number of rotatable bonds is 4. The van der Waals surface area contributed by atoms with Crippen molar-refractivity contribution in [2.75, 3.05) is 18.0 Å². The molecule has 0 amide bonds. The lowest BCUT2D eigenvalue weighted by Crippen LogP contribution is -2.18. The molecule has 2 rings (SSSR count). The summed E-state index contributed by atoms with van der Waals surface area (Å²) in [7, 11) is 0. The van der Waals surface area contributed by atoms with E-state index in [0.29, 0.717) is 0 Å². The Morgan fingerprint density at radius 1 is 1.60 bits per heavy atom. The monoisotopic (exact) mass is 223 g/mol. The molecule has 0 aromatic carbocycles. The highest BCUT2D eigenvalue weighted by atomic mass is 32.1. The summed E-state index contributed by atoms with van der Waals surface area (Å²) in [5.74, 6) is 0.858. The fraction of sp³-hybridized carbons (Fsp3) is 0.583. The van der Waals surface area contributed by atoms with E-state index in [1.165, 1.54) is 30.8 Å². The molecule has 0 radical (unpaired) electrons. The summed E-state index contributed by atoms with van der Waals surface area (Å²) in [5.41, 5.74) is 0. The molecule has 0 bridgehead atoms. The fourth-order valence-corrected chi connectivity index (χ4v) is 3.11. The summed E-state index contributed by atoms with van der Waals surface area (Å²) in [5, 5.41) is 1.26. The summed E-state index contributed by atoms with van der Waals surface area (Å²) >= 11 is 1.61. The molecule has 15 heavy (non-hydrogen) atoms. The Morgan fingerprint density at radius 2 is 2.47 bits per heavy atom. The van der Waals surface area contributed by atoms with Gasteiger partial charge in [-0.2, -0.15) is 0 Å². The topological polar surface area (TPSA) is 20.3 Å². The number of aldehydes is 1. The number of hydrogen-bond acceptors (Lipinski definition) is 3. The number of hydrogen-bond donors (Lipinski definition) is 0. The minimum atomic E-state index is 0.837. The molecule has 1 aromatic rings. The summed E-state index contributed by atoms with van der Waals surface area (Å²) in [6.07, 6.45) is 4.86. The molecule has 82 valence electrons. The Balaban J connectivity index is 1.98. The second kappa shape index (κ2) is 4.79. The summed E-state index contributed by atoms with van der Waals surface area (Å²) in [6.45, 7) is 4.58. The molecule has 0 N–H and O–H groups in total. The van der Waals surface area contributed by atoms with Gasteiger partial charge in [-0.3, -0.25) is 4.79 Å². The van der Waals surface area contributed by atoms with Crippen LogP contribution in [0.25, 0.3) is 0 Å². The van der Waals surface area contributed by atoms with E-state index in [0.717, 1.165) is 23.6 Å². The Hall–Kier alpha value is -0.830. The highest BCUT2D eigenvalue weighted by Gasteiger charge is 2.22. The largest absolute Gasteiger partial charge is 0.363 e. The zero-order valence-electron chi connectivity index (χ0n) is 9.11. The number of thiophene rings is 1. The van der Waals surface area contributed by atoms with E-state index in [4.69, 9.17) is 0 Å². The van der Waals surface area contributed by atoms with E-state index in [2.05, 4.69) is 17.9 Å². The smallest absolute Gasteiger partial charge is 0.160 e. The zero-order valence-corrected chi connectivity index (χ0v) is 9.93. The van der Waals surface area contributed by atoms with Gasteiger partial charge in [0.25, 0.3) is 0 Å². The molecule has 1 aliphatic heterocycles. The average Bonchev–Trinajstić information content (AvgIpc) is 2.85. The summed E-state index contributed by atoms with van der Waals surface area (Å²) in [6, 6.07) is 3.99. The highest BCUT2D eigenvalue weighted by molar-refractivity contribution is 7.17. The van der Waals surface area contributed by atoms with Gasteiger partial charge < -0.3 is 4.90 Å². The third-order valence-corrected chi connectivity index (χ3v) is 4.09. The lowest BCUT2D eigenvalue weighted by Gasteiger charge is -2.15. The number of anilines is 1. The van der Waals surface area contributed by atoms with Gasteiger partial charge in [-0.1, -0.05) is 13.3 Å². The van der Waals surface area contributed by atoms with E-state index < -0.39 is 0 Å². The first kappa shape index (κ1) is 10.7. The van der Waals surface area contributed by atoms with E-state index in [-0.39, 0.29) is 0 Å². The lowest BCUT2D eigenvalue weighted by molar-refractivity contribution is 0.112. The highest BCUT2D eigenvalue weighted by Crippen LogP contribution is 2.31. The molecule has 2 heterocycles. The quantitative estimate of drug-likeness (QED) is 0.731. The Kier molecular flexibility index (Phi) is 3.41. The van der Waals surface area contributed by atoms with Crippen LogP contribution in [0, 0.1) is 5.92 Å². The zero-order chi connectivity index (χ0) is 10.7. The van der Waals surface area contributed by atoms with E-state index >= 15 is 0 Å². The van der Waals surface area contributed by atoms with Crippen LogP contribution in [-0.2, 0) is 0 Å². The van der Waals surface area contributed by atoms with Gasteiger partial charge in [-0.15, -0.1) is 11.3 Å². The molecule has 0 spiro atoms. The van der Waals surface area contributed by atoms with Crippen molar-refractivity contribution in [3.05, 3.63) is 17.0 Å². The summed E-state index contributed by atoms with van der Waals surface area (Å²) in [4.78, 5) is 13.8. The van der Waals surface area contributed by atoms with Crippen molar-refractivity contribution < 1.29 is 4.79 Å². The fourth-order valence-electron chi connectivity index (χ4n) is 2.25. The third kappa shape index (κ3) is 2.40. The molecule has 2 nitrogen and oxygen atoms in total. The van der Waals surface area contributed by atoms with Crippen LogP contribution in [0.2, 0.25) is 0 Å². The maximum absolute atomic E-state index is 10.6. The van der Waals surface area contributed by atoms with Crippen LogP contribution in [0.4, 0.5) is 5.00 Å². The minimum Gasteiger partial charge on any atom is -0.363 e. The molecule has 0 aliphatic carbocycles. The van der Waals surface area contributed by atoms with Gasteiger partial charge >= 0.3 is 0 Å². The Morgan fingerprint density at radius 3 is 3.13 bits per heavy atom. The van der Waals surface area contributed by atoms with Gasteiger partial charge in [0.1, 0.15) is 0 Å². The standard InChI is InChI=1S/C12H17NOS/c1-2-3-10-6-7-13(8-10)12-5-4-11(9-14)15-12/h4-5,9-10H,2-3,6-8H2,1H3. The van der Waals surface area contributed by atoms with Gasteiger partial charge in [0.05, 0.1) is 9.88 Å². The third-order valence-electron chi connectivity index (χ3n) is 3.02. The van der Waals surface area contributed by atoms with Crippen LogP contribution >= 0.6 is 11.3 Å². The Bertz CT molecular complexity index is 334. The molecular formula is C12H17NOS. The van der Waals surface area contributed by atoms with Crippen molar-refractivity contribution in [3.8, 4) is 0 Å². The van der Waals surface area contributed by atoms with Gasteiger partial charge in [0.2, 0.25) is 0 Å². The van der Waals surface area contributed by atoms with Crippen LogP contribution in [0.1, 0.15) is 35.9 Å². The Labute approximate surface area is 94.9 Å². The van der Waals surface area contributed by atoms with Crippen LogP contribution in [0.3, 0.4) is 0 Å². The molecule has 1 atom stereocenters. The predicted octanol–water partition coefficient (Wildman–Crippen LogP) is 3.19. The van der Waals surface area contributed by atoms with E-state index in [9.17, 15) is 4.79 Å². The van der Waals surface area contributed by atoms with Crippen molar-refractivity contribution in [3.63, 3.8) is 0 Å². The molecule has 3 heteroatoms. The molecule has 1 fully saturated rings. The molecule has 0 saturated carbocycles. The van der Waals surface area contributed by atoms with Crippen LogP contribution in [0.15, 0.2) is 12.1 Å². The van der Waals surface area contributed by atoms with Gasteiger partial charge in [0.15, 0.2) is 6.29 Å². The van der Waals surface area contributed by atoms with Crippen molar-refractivity contribution in [2.24, 2.45) is 5.92 Å². The number of carbonyl (C=O) groups excluding carboxylic acids is 1. The van der Waals surface area contributed by atoms with Crippen molar-refractivity contribution in [1.82, 2.24) is 0 Å². The lowest BCUT2D eigenvalue weighted by atomic mass is 10.0. The second-order valence-corrected chi connectivity index (χ2v) is 5.28. The molecule has 1 aromatic heterocycles. The molecular weight excluding hydrogens is 206 g/mol. The molecule has 1 aliphatic rings. The first-order valence-electron chi connectivity index (χ1n) is 5.63. The van der Waals surface area contributed by atoms with Crippen molar-refractivity contribution in [1.29, 1.82) is 0 Å². The number of nitrogens with zero attached hydrogens (tertiary/aromatic N) is 1. The predicted molar refractivity (Wildman–Crippen MR) is 64.9 cm³/mol. The average molecular weight is 223 g/mol. The summed E-state index contributed by atoms with van der Waals surface area (Å²) < 4.78 is 0. The van der Waals surface area contributed by atoms with Gasteiger partial charge in [-0.05, 0) is 30.9 Å². The first-order chi connectivity index (χ1) is 7.33. The van der Waals surface area contributed by atoms with Crippen LogP contribution in [0.5, 0.6) is 0 Å². The van der Waals surface area contributed by atoms with Crippen LogP contribution in [-0.4, -0.2) is 19.4 Å². The number of carbonyl (C=O) groups is 1. The maximum atomic E-state index is 10.6. The van der Waals surface area contributed by atoms with Gasteiger partial charge in [-0.25, -0.2) is 0 Å². The first-order valence-corrected chi connectivity index (χ1v) is 6.45. The SMILES string of the molecule is CCCC1CCN(c2ccc(C=O)s2)C1. The molecule has 1 saturated heterocycles. The normalized spacial score (nSPS) is 20.9. The van der Waals surface area contributed by atoms with Gasteiger partial charge in [0, 0.05) is 13.1 Å². The minimum absolute atomic E-state index is 0.837. The van der Waals surface area contributed by atoms with Crippen molar-refractivity contribution >= 4 is 22.6 Å². The van der Waals surface area contributed by atoms with Crippen LogP contribution < -0.4 is 4.90 Å². The van der Waals surface area contributed by atoms with Crippen molar-refractivity contribution in [2.45, 2.75) is 26.2 Å². The van der Waals surface area contributed by atoms with E-state index in [1.807, 2.05) is 6.07 Å². The second-order valence-electron chi connectivity index (χ2n) is 4.18. The van der Waals surface area contributed by atoms with E-state index in [1.54, 1.807) is 11.3 Å².